The summed E-state index contributed by atoms with van der Waals surface area (Å²) in [5.41, 5.74) is 8.03. The van der Waals surface area contributed by atoms with E-state index in [0.29, 0.717) is 16.8 Å². The van der Waals surface area contributed by atoms with Crippen LogP contribution in [-0.4, -0.2) is 36.2 Å². The molecule has 120 valence electrons. The molecular formula is C12H21N3O4S2. The van der Waals surface area contributed by atoms with E-state index in [-0.39, 0.29) is 17.2 Å². The van der Waals surface area contributed by atoms with Gasteiger partial charge >= 0.3 is 0 Å². The minimum atomic E-state index is -3.82. The summed E-state index contributed by atoms with van der Waals surface area (Å²) in [4.78, 5) is 0.113. The molecule has 0 amide bonds. The Kier molecular flexibility index (Phi) is 5.37. The summed E-state index contributed by atoms with van der Waals surface area (Å²) in [6.45, 7) is 4.88. The van der Waals surface area contributed by atoms with Crippen LogP contribution in [-0.2, 0) is 20.0 Å². The Hall–Kier alpha value is -1.16. The summed E-state index contributed by atoms with van der Waals surface area (Å²) in [5.74, 6) is -0.331. The Balaban J connectivity index is 3.10. The predicted octanol–water partition coefficient (Wildman–Crippen LogP) is 0.0216. The average Bonchev–Trinajstić information content (AvgIpc) is 2.36. The Bertz CT molecular complexity index is 714. The second kappa shape index (κ2) is 6.30. The number of benzene rings is 1. The van der Waals surface area contributed by atoms with Crippen LogP contribution >= 0.6 is 0 Å². The fourth-order valence-corrected chi connectivity index (χ4v) is 4.23. The van der Waals surface area contributed by atoms with Crippen LogP contribution in [0.3, 0.4) is 0 Å². The molecule has 0 aliphatic rings. The van der Waals surface area contributed by atoms with E-state index >= 15 is 0 Å². The van der Waals surface area contributed by atoms with Crippen molar-refractivity contribution in [2.24, 2.45) is 0 Å². The zero-order valence-corrected chi connectivity index (χ0v) is 14.2. The van der Waals surface area contributed by atoms with E-state index in [1.54, 1.807) is 26.8 Å². The minimum absolute atomic E-state index is 0.113. The van der Waals surface area contributed by atoms with Crippen molar-refractivity contribution in [1.29, 1.82) is 0 Å². The summed E-state index contributed by atoms with van der Waals surface area (Å²) in [6.07, 6.45) is 0. The van der Waals surface area contributed by atoms with Gasteiger partial charge in [0.25, 0.3) is 0 Å². The van der Waals surface area contributed by atoms with Gasteiger partial charge in [-0.3, -0.25) is 0 Å². The quantitative estimate of drug-likeness (QED) is 0.633. The lowest BCUT2D eigenvalue weighted by atomic mass is 10.1. The van der Waals surface area contributed by atoms with Crippen molar-refractivity contribution < 1.29 is 16.8 Å². The van der Waals surface area contributed by atoms with E-state index in [4.69, 9.17) is 5.73 Å². The molecule has 0 fully saturated rings. The Labute approximate surface area is 126 Å². The molecule has 0 saturated heterocycles. The minimum Gasteiger partial charge on any atom is -0.398 e. The Morgan fingerprint density at radius 1 is 1.10 bits per heavy atom. The second-order valence-corrected chi connectivity index (χ2v) is 8.53. The first-order valence-electron chi connectivity index (χ1n) is 6.29. The molecular weight excluding hydrogens is 314 g/mol. The summed E-state index contributed by atoms with van der Waals surface area (Å²) in [7, 11) is -6.00. The number of sulfonamides is 2. The van der Waals surface area contributed by atoms with E-state index in [9.17, 15) is 16.8 Å². The third kappa shape index (κ3) is 4.16. The Morgan fingerprint density at radius 2 is 1.67 bits per heavy atom. The van der Waals surface area contributed by atoms with Crippen molar-refractivity contribution in [3.63, 3.8) is 0 Å². The van der Waals surface area contributed by atoms with Crippen molar-refractivity contribution in [1.82, 2.24) is 9.44 Å². The van der Waals surface area contributed by atoms with Crippen molar-refractivity contribution >= 4 is 25.7 Å². The molecule has 0 unspecified atom stereocenters. The second-order valence-electron chi connectivity index (χ2n) is 4.78. The van der Waals surface area contributed by atoms with E-state index in [1.807, 2.05) is 0 Å². The number of hydrogen-bond acceptors (Lipinski definition) is 5. The zero-order chi connectivity index (χ0) is 16.4. The number of aryl methyl sites for hydroxylation is 1. The van der Waals surface area contributed by atoms with Gasteiger partial charge in [-0.2, -0.15) is 0 Å². The lowest BCUT2D eigenvalue weighted by Gasteiger charge is -2.16. The van der Waals surface area contributed by atoms with Crippen LogP contribution in [0.25, 0.3) is 0 Å². The molecule has 0 atom stereocenters. The number of rotatable bonds is 6. The highest BCUT2D eigenvalue weighted by atomic mass is 32.2. The first-order valence-corrected chi connectivity index (χ1v) is 9.42. The number of anilines is 1. The highest BCUT2D eigenvalue weighted by molar-refractivity contribution is 7.90. The van der Waals surface area contributed by atoms with Crippen LogP contribution in [0, 0.1) is 20.8 Å². The van der Waals surface area contributed by atoms with E-state index in [2.05, 4.69) is 9.44 Å². The fraction of sp³-hybridized carbons (Fsp3) is 0.500. The lowest BCUT2D eigenvalue weighted by Crippen LogP contribution is -2.33. The molecule has 0 aliphatic heterocycles. The van der Waals surface area contributed by atoms with Crippen LogP contribution in [0.2, 0.25) is 0 Å². The molecule has 21 heavy (non-hydrogen) atoms. The molecule has 0 spiro atoms. The summed E-state index contributed by atoms with van der Waals surface area (Å²) >= 11 is 0. The first kappa shape index (κ1) is 17.9. The van der Waals surface area contributed by atoms with Gasteiger partial charge in [0.2, 0.25) is 20.0 Å². The molecule has 1 aromatic carbocycles. The molecule has 0 radical (unpaired) electrons. The molecule has 0 saturated carbocycles. The molecule has 0 aliphatic carbocycles. The van der Waals surface area contributed by atoms with E-state index in [1.165, 1.54) is 7.05 Å². The molecule has 7 nitrogen and oxygen atoms in total. The van der Waals surface area contributed by atoms with Crippen LogP contribution in [0.1, 0.15) is 16.7 Å². The maximum atomic E-state index is 12.4. The van der Waals surface area contributed by atoms with E-state index in [0.717, 1.165) is 5.56 Å². The molecule has 0 heterocycles. The van der Waals surface area contributed by atoms with Gasteiger partial charge in [-0.15, -0.1) is 0 Å². The molecule has 9 heteroatoms. The largest absolute Gasteiger partial charge is 0.398 e. The highest BCUT2D eigenvalue weighted by Crippen LogP contribution is 2.27. The van der Waals surface area contributed by atoms with Crippen molar-refractivity contribution in [2.75, 3.05) is 25.1 Å². The number of nitrogens with two attached hydrogens (primary N) is 1. The maximum absolute atomic E-state index is 12.4. The first-order chi connectivity index (χ1) is 9.52. The number of nitrogen functional groups attached to an aromatic ring is 1. The summed E-state index contributed by atoms with van der Waals surface area (Å²) < 4.78 is 51.8. The summed E-state index contributed by atoms with van der Waals surface area (Å²) in [6, 6.07) is 1.72. The van der Waals surface area contributed by atoms with Crippen LogP contribution in [0.5, 0.6) is 0 Å². The van der Waals surface area contributed by atoms with Crippen molar-refractivity contribution in [3.05, 3.63) is 22.8 Å². The third-order valence-electron chi connectivity index (χ3n) is 3.32. The van der Waals surface area contributed by atoms with Gasteiger partial charge < -0.3 is 5.73 Å². The van der Waals surface area contributed by atoms with E-state index < -0.39 is 20.0 Å². The molecule has 1 rings (SSSR count). The molecule has 1 aromatic rings. The third-order valence-corrected chi connectivity index (χ3v) is 6.42. The van der Waals surface area contributed by atoms with Gasteiger partial charge in [-0.05, 0) is 50.6 Å². The fourth-order valence-electron chi connectivity index (χ4n) is 1.93. The standard InChI is InChI=1S/C12H21N3O4S2/c1-8-7-11(13)10(3)12(9(8)2)21(18,19)15-5-6-20(16,17)14-4/h7,14-15H,5-6,13H2,1-4H3. The van der Waals surface area contributed by atoms with Gasteiger partial charge in [0.1, 0.15) is 0 Å². The molecule has 0 bridgehead atoms. The smallest absolute Gasteiger partial charge is 0.241 e. The van der Waals surface area contributed by atoms with Gasteiger partial charge in [-0.25, -0.2) is 26.3 Å². The SMILES string of the molecule is CNS(=O)(=O)CCNS(=O)(=O)c1c(C)c(C)cc(N)c1C. The zero-order valence-electron chi connectivity index (χ0n) is 12.5. The van der Waals surface area contributed by atoms with Crippen molar-refractivity contribution in [3.8, 4) is 0 Å². The van der Waals surface area contributed by atoms with Crippen molar-refractivity contribution in [2.45, 2.75) is 25.7 Å². The normalized spacial score (nSPS) is 12.6. The van der Waals surface area contributed by atoms with Gasteiger partial charge in [0, 0.05) is 12.2 Å². The highest BCUT2D eigenvalue weighted by Gasteiger charge is 2.22. The molecule has 0 aromatic heterocycles. The monoisotopic (exact) mass is 335 g/mol. The predicted molar refractivity (Wildman–Crippen MR) is 83.1 cm³/mol. The number of nitrogens with one attached hydrogen (secondary N) is 2. The van der Waals surface area contributed by atoms with Crippen LogP contribution in [0.15, 0.2) is 11.0 Å². The topological polar surface area (TPSA) is 118 Å². The lowest BCUT2D eigenvalue weighted by molar-refractivity contribution is 0.577. The van der Waals surface area contributed by atoms with Gasteiger partial charge in [-0.1, -0.05) is 0 Å². The maximum Gasteiger partial charge on any atom is 0.241 e. The van der Waals surface area contributed by atoms with Gasteiger partial charge in [0.05, 0.1) is 10.6 Å². The van der Waals surface area contributed by atoms with Crippen LogP contribution in [0.4, 0.5) is 5.69 Å². The molecule has 4 N–H and O–H groups in total. The van der Waals surface area contributed by atoms with Gasteiger partial charge in [0.15, 0.2) is 0 Å². The summed E-state index contributed by atoms with van der Waals surface area (Å²) in [5, 5.41) is 0. The van der Waals surface area contributed by atoms with Crippen LogP contribution < -0.4 is 15.2 Å². The number of hydrogen-bond donors (Lipinski definition) is 3. The Morgan fingerprint density at radius 3 is 2.19 bits per heavy atom. The average molecular weight is 335 g/mol.